The van der Waals surface area contributed by atoms with Gasteiger partial charge in [0.1, 0.15) is 11.6 Å². The topological polar surface area (TPSA) is 63.4 Å². The fourth-order valence-electron chi connectivity index (χ4n) is 2.05. The second-order valence-electron chi connectivity index (χ2n) is 4.32. The van der Waals surface area contributed by atoms with Crippen LogP contribution in [-0.2, 0) is 10.0 Å². The van der Waals surface area contributed by atoms with Gasteiger partial charge in [-0.1, -0.05) is 6.07 Å². The highest BCUT2D eigenvalue weighted by Gasteiger charge is 2.33. The molecule has 1 fully saturated rings. The molecule has 1 aromatic rings. The Kier molecular flexibility index (Phi) is 5.26. The average Bonchev–Trinajstić information content (AvgIpc) is 2.28. The molecule has 0 spiro atoms. The molecule has 1 atom stereocenters. The third kappa shape index (κ3) is 3.22. The molecule has 0 aromatic heterocycles. The van der Waals surface area contributed by atoms with E-state index in [1.807, 2.05) is 0 Å². The fraction of sp³-hybridized carbons (Fsp3) is 0.455. The number of piperidine rings is 1. The molecule has 4 nitrogen and oxygen atoms in total. The minimum atomic E-state index is -4.15. The van der Waals surface area contributed by atoms with E-state index in [4.69, 9.17) is 5.73 Å². The van der Waals surface area contributed by atoms with Crippen molar-refractivity contribution < 1.29 is 17.2 Å². The standard InChI is InChI=1S/C11H14F2N2O2S.ClH/c12-9-4-1-5-10(13)11(9)18(16,17)15-6-2-3-8(14)7-15;/h1,4-5,8H,2-3,6-7,14H2;1H. The lowest BCUT2D eigenvalue weighted by Crippen LogP contribution is -2.46. The van der Waals surface area contributed by atoms with E-state index in [9.17, 15) is 17.2 Å². The molecule has 1 aliphatic rings. The smallest absolute Gasteiger partial charge is 0.248 e. The summed E-state index contributed by atoms with van der Waals surface area (Å²) in [5.41, 5.74) is 5.68. The summed E-state index contributed by atoms with van der Waals surface area (Å²) in [7, 11) is -4.15. The van der Waals surface area contributed by atoms with Gasteiger partial charge >= 0.3 is 0 Å². The van der Waals surface area contributed by atoms with Crippen molar-refractivity contribution in [3.05, 3.63) is 29.8 Å². The number of rotatable bonds is 2. The second-order valence-corrected chi connectivity index (χ2v) is 6.19. The Balaban J connectivity index is 0.00000180. The summed E-state index contributed by atoms with van der Waals surface area (Å²) in [6.45, 7) is 0.333. The van der Waals surface area contributed by atoms with Crippen molar-refractivity contribution in [2.75, 3.05) is 13.1 Å². The maximum Gasteiger partial charge on any atom is 0.248 e. The molecular formula is C11H15ClF2N2O2S. The van der Waals surface area contributed by atoms with Gasteiger partial charge in [-0.25, -0.2) is 17.2 Å². The van der Waals surface area contributed by atoms with Crippen LogP contribution >= 0.6 is 12.4 Å². The summed E-state index contributed by atoms with van der Waals surface area (Å²) < 4.78 is 52.4. The Morgan fingerprint density at radius 3 is 2.37 bits per heavy atom. The quantitative estimate of drug-likeness (QED) is 0.900. The minimum absolute atomic E-state index is 0. The van der Waals surface area contributed by atoms with Gasteiger partial charge in [-0.15, -0.1) is 12.4 Å². The molecule has 1 aromatic carbocycles. The van der Waals surface area contributed by atoms with Gasteiger partial charge in [0.25, 0.3) is 0 Å². The Hall–Kier alpha value is -0.760. The number of halogens is 3. The van der Waals surface area contributed by atoms with Crippen LogP contribution in [0, 0.1) is 11.6 Å². The van der Waals surface area contributed by atoms with Crippen molar-refractivity contribution in [2.24, 2.45) is 5.73 Å². The average molecular weight is 313 g/mol. The Morgan fingerprint density at radius 1 is 1.26 bits per heavy atom. The van der Waals surface area contributed by atoms with Crippen molar-refractivity contribution in [3.63, 3.8) is 0 Å². The summed E-state index contributed by atoms with van der Waals surface area (Å²) in [5.74, 6) is -2.15. The van der Waals surface area contributed by atoms with Crippen molar-refractivity contribution in [1.29, 1.82) is 0 Å². The lowest BCUT2D eigenvalue weighted by Gasteiger charge is -2.29. The first-order valence-electron chi connectivity index (χ1n) is 5.62. The van der Waals surface area contributed by atoms with Gasteiger partial charge in [0.2, 0.25) is 10.0 Å². The molecule has 2 rings (SSSR count). The predicted octanol–water partition coefficient (Wildman–Crippen LogP) is 1.50. The van der Waals surface area contributed by atoms with Crippen molar-refractivity contribution in [3.8, 4) is 0 Å². The summed E-state index contributed by atoms with van der Waals surface area (Å²) in [5, 5.41) is 0. The molecule has 108 valence electrons. The molecule has 0 aliphatic carbocycles. The van der Waals surface area contributed by atoms with E-state index in [0.717, 1.165) is 22.5 Å². The summed E-state index contributed by atoms with van der Waals surface area (Å²) in [6.07, 6.45) is 1.31. The van der Waals surface area contributed by atoms with Gasteiger partial charge < -0.3 is 5.73 Å². The van der Waals surface area contributed by atoms with Gasteiger partial charge in [-0.05, 0) is 25.0 Å². The maximum absolute atomic E-state index is 13.5. The van der Waals surface area contributed by atoms with E-state index in [2.05, 4.69) is 0 Å². The summed E-state index contributed by atoms with van der Waals surface area (Å²) in [4.78, 5) is -0.890. The number of sulfonamides is 1. The third-order valence-electron chi connectivity index (χ3n) is 2.94. The number of nitrogens with zero attached hydrogens (tertiary/aromatic N) is 1. The molecule has 19 heavy (non-hydrogen) atoms. The third-order valence-corrected chi connectivity index (χ3v) is 4.85. The van der Waals surface area contributed by atoms with Crippen LogP contribution in [0.15, 0.2) is 23.1 Å². The first kappa shape index (κ1) is 16.3. The zero-order chi connectivity index (χ0) is 13.3. The molecular weight excluding hydrogens is 298 g/mol. The van der Waals surface area contributed by atoms with Crippen LogP contribution in [0.25, 0.3) is 0 Å². The van der Waals surface area contributed by atoms with Crippen LogP contribution in [-0.4, -0.2) is 31.9 Å². The van der Waals surface area contributed by atoms with Crippen molar-refractivity contribution >= 4 is 22.4 Å². The molecule has 1 aliphatic heterocycles. The minimum Gasteiger partial charge on any atom is -0.327 e. The highest BCUT2D eigenvalue weighted by Crippen LogP contribution is 2.24. The van der Waals surface area contributed by atoms with E-state index >= 15 is 0 Å². The Bertz CT molecular complexity index is 533. The van der Waals surface area contributed by atoms with Crippen molar-refractivity contribution in [1.82, 2.24) is 4.31 Å². The Morgan fingerprint density at radius 2 is 1.84 bits per heavy atom. The van der Waals surface area contributed by atoms with Gasteiger partial charge in [0.05, 0.1) is 0 Å². The number of hydrogen-bond donors (Lipinski definition) is 1. The Labute approximate surface area is 117 Å². The van der Waals surface area contributed by atoms with E-state index in [-0.39, 0.29) is 31.5 Å². The molecule has 2 N–H and O–H groups in total. The second kappa shape index (κ2) is 6.13. The van der Waals surface area contributed by atoms with Crippen LogP contribution in [0.4, 0.5) is 8.78 Å². The molecule has 1 saturated heterocycles. The molecule has 0 radical (unpaired) electrons. The maximum atomic E-state index is 13.5. The van der Waals surface area contributed by atoms with Gasteiger partial charge in [0.15, 0.2) is 4.90 Å². The monoisotopic (exact) mass is 312 g/mol. The summed E-state index contributed by atoms with van der Waals surface area (Å²) >= 11 is 0. The largest absolute Gasteiger partial charge is 0.327 e. The molecule has 1 unspecified atom stereocenters. The van der Waals surface area contributed by atoms with Gasteiger partial charge in [0, 0.05) is 19.1 Å². The zero-order valence-electron chi connectivity index (χ0n) is 10.1. The lowest BCUT2D eigenvalue weighted by atomic mass is 10.1. The normalized spacial score (nSPS) is 20.9. The molecule has 0 saturated carbocycles. The molecule has 0 bridgehead atoms. The first-order valence-corrected chi connectivity index (χ1v) is 7.06. The highest BCUT2D eigenvalue weighted by atomic mass is 35.5. The molecule has 0 amide bonds. The zero-order valence-corrected chi connectivity index (χ0v) is 11.7. The van der Waals surface area contributed by atoms with Gasteiger partial charge in [-0.3, -0.25) is 0 Å². The van der Waals surface area contributed by atoms with E-state index in [1.54, 1.807) is 0 Å². The van der Waals surface area contributed by atoms with E-state index < -0.39 is 26.6 Å². The highest BCUT2D eigenvalue weighted by molar-refractivity contribution is 7.89. The van der Waals surface area contributed by atoms with E-state index in [1.165, 1.54) is 0 Å². The predicted molar refractivity (Wildman–Crippen MR) is 69.6 cm³/mol. The van der Waals surface area contributed by atoms with Crippen LogP contribution in [0.3, 0.4) is 0 Å². The van der Waals surface area contributed by atoms with E-state index in [0.29, 0.717) is 12.8 Å². The summed E-state index contributed by atoms with van der Waals surface area (Å²) in [6, 6.07) is 2.70. The molecule has 8 heteroatoms. The number of nitrogens with two attached hydrogens (primary N) is 1. The van der Waals surface area contributed by atoms with Crippen molar-refractivity contribution in [2.45, 2.75) is 23.8 Å². The molecule has 1 heterocycles. The first-order chi connectivity index (χ1) is 8.43. The van der Waals surface area contributed by atoms with Crippen LogP contribution < -0.4 is 5.73 Å². The van der Waals surface area contributed by atoms with Crippen LogP contribution in [0.2, 0.25) is 0 Å². The van der Waals surface area contributed by atoms with Gasteiger partial charge in [-0.2, -0.15) is 4.31 Å². The SMILES string of the molecule is Cl.NC1CCCN(S(=O)(=O)c2c(F)cccc2F)C1. The van der Waals surface area contributed by atoms with Crippen LogP contribution in [0.5, 0.6) is 0 Å². The van der Waals surface area contributed by atoms with Crippen LogP contribution in [0.1, 0.15) is 12.8 Å². The fourth-order valence-corrected chi connectivity index (χ4v) is 3.69. The number of benzene rings is 1. The lowest BCUT2D eigenvalue weighted by molar-refractivity contribution is 0.313. The number of hydrogen-bond acceptors (Lipinski definition) is 3.